The van der Waals surface area contributed by atoms with Gasteiger partial charge in [0.2, 0.25) is 10.0 Å². The third-order valence-corrected chi connectivity index (χ3v) is 8.37. The Labute approximate surface area is 220 Å². The summed E-state index contributed by atoms with van der Waals surface area (Å²) in [6.45, 7) is 13.7. The predicted molar refractivity (Wildman–Crippen MR) is 148 cm³/mol. The van der Waals surface area contributed by atoms with Gasteiger partial charge in [0, 0.05) is 6.54 Å². The van der Waals surface area contributed by atoms with Gasteiger partial charge in [-0.1, -0.05) is 77.8 Å². The summed E-state index contributed by atoms with van der Waals surface area (Å²) in [6.07, 6.45) is 1.37. The zero-order valence-electron chi connectivity index (χ0n) is 23.0. The number of nitrogens with zero attached hydrogens (tertiary/aromatic N) is 2. The molecular formula is C29H39N3O4S. The third kappa shape index (κ3) is 6.30. The number of unbranched alkanes of at least 4 members (excludes halogenated alkanes) is 1. The van der Waals surface area contributed by atoms with Crippen LogP contribution in [0.15, 0.2) is 58.2 Å². The Morgan fingerprint density at radius 1 is 1.03 bits per heavy atom. The highest BCUT2D eigenvalue weighted by atomic mass is 32.2. The van der Waals surface area contributed by atoms with E-state index in [1.165, 1.54) is 8.99 Å². The molecule has 37 heavy (non-hydrogen) atoms. The molecule has 1 N–H and O–H groups in total. The van der Waals surface area contributed by atoms with E-state index in [1.54, 1.807) is 12.1 Å². The van der Waals surface area contributed by atoms with Crippen molar-refractivity contribution in [3.05, 3.63) is 81.3 Å². The van der Waals surface area contributed by atoms with Gasteiger partial charge in [0.25, 0.3) is 5.56 Å². The summed E-state index contributed by atoms with van der Waals surface area (Å²) in [7, 11) is -3.94. The molecule has 0 fully saturated rings. The van der Waals surface area contributed by atoms with E-state index in [9.17, 15) is 18.0 Å². The number of rotatable bonds is 10. The second-order valence-electron chi connectivity index (χ2n) is 10.9. The Balaban J connectivity index is 2.00. The number of aryl methyl sites for hydroxylation is 1. The lowest BCUT2D eigenvalue weighted by molar-refractivity contribution is 0.0963. The zero-order chi connectivity index (χ0) is 27.5. The number of hydrogen-bond acceptors (Lipinski definition) is 4. The van der Waals surface area contributed by atoms with Crippen LogP contribution in [-0.2, 0) is 15.4 Å². The van der Waals surface area contributed by atoms with Crippen LogP contribution in [0.3, 0.4) is 0 Å². The van der Waals surface area contributed by atoms with Crippen molar-refractivity contribution in [2.45, 2.75) is 77.5 Å². The Bertz CT molecular complexity index is 1390. The maximum absolute atomic E-state index is 13.6. The molecule has 200 valence electrons. The number of carbonyl (C=O) groups excluding carboxylic acids is 1. The maximum atomic E-state index is 13.6. The number of aromatic nitrogens is 2. The summed E-state index contributed by atoms with van der Waals surface area (Å²) in [5.41, 5.74) is 2.61. The normalized spacial score (nSPS) is 12.5. The molecule has 8 heteroatoms. The van der Waals surface area contributed by atoms with Gasteiger partial charge in [-0.05, 0) is 54.5 Å². The molecule has 0 aliphatic carbocycles. The Hall–Kier alpha value is -2.97. The van der Waals surface area contributed by atoms with Crippen LogP contribution >= 0.6 is 0 Å². The SMILES string of the molecule is CCCCN(CC(=O)c1c(C(C)C)[nH]n(-c2ccc(C)cc2)c1=O)S(=O)(=O)c1ccc(C(C)(C)C)cc1. The number of aromatic amines is 1. The lowest BCUT2D eigenvalue weighted by atomic mass is 9.87. The Morgan fingerprint density at radius 3 is 2.14 bits per heavy atom. The van der Waals surface area contributed by atoms with Crippen molar-refractivity contribution < 1.29 is 13.2 Å². The number of sulfonamides is 1. The largest absolute Gasteiger partial charge is 0.294 e. The molecule has 0 aliphatic heterocycles. The summed E-state index contributed by atoms with van der Waals surface area (Å²) < 4.78 is 29.8. The number of nitrogens with one attached hydrogen (secondary N) is 1. The van der Waals surface area contributed by atoms with Crippen molar-refractivity contribution in [2.75, 3.05) is 13.1 Å². The number of carbonyl (C=O) groups is 1. The van der Waals surface area contributed by atoms with E-state index in [-0.39, 0.29) is 28.3 Å². The van der Waals surface area contributed by atoms with Gasteiger partial charge in [0.1, 0.15) is 5.56 Å². The fourth-order valence-corrected chi connectivity index (χ4v) is 5.59. The van der Waals surface area contributed by atoms with Crippen LogP contribution in [0.1, 0.15) is 87.5 Å². The average Bonchev–Trinajstić information content (AvgIpc) is 3.19. The summed E-state index contributed by atoms with van der Waals surface area (Å²) in [5, 5.41) is 3.09. The minimum atomic E-state index is -3.94. The first kappa shape index (κ1) is 28.6. The number of ketones is 1. The van der Waals surface area contributed by atoms with Crippen molar-refractivity contribution >= 4 is 15.8 Å². The number of Topliss-reactive ketones (excluding diaryl/α,β-unsaturated/α-hetero) is 1. The molecule has 2 aromatic carbocycles. The molecule has 0 aliphatic rings. The number of hydrogen-bond donors (Lipinski definition) is 1. The van der Waals surface area contributed by atoms with Gasteiger partial charge >= 0.3 is 0 Å². The molecule has 7 nitrogen and oxygen atoms in total. The van der Waals surface area contributed by atoms with E-state index in [0.29, 0.717) is 17.8 Å². The van der Waals surface area contributed by atoms with Crippen LogP contribution < -0.4 is 5.56 Å². The summed E-state index contributed by atoms with van der Waals surface area (Å²) in [6, 6.07) is 14.2. The molecule has 3 aromatic rings. The topological polar surface area (TPSA) is 92.2 Å². The first-order chi connectivity index (χ1) is 17.3. The van der Waals surface area contributed by atoms with Crippen LogP contribution in [0.4, 0.5) is 0 Å². The molecule has 0 amide bonds. The number of H-pyrrole nitrogens is 1. The van der Waals surface area contributed by atoms with E-state index < -0.39 is 27.9 Å². The van der Waals surface area contributed by atoms with Crippen molar-refractivity contribution in [1.82, 2.24) is 14.1 Å². The molecule has 0 unspecified atom stereocenters. The van der Waals surface area contributed by atoms with E-state index in [4.69, 9.17) is 0 Å². The minimum absolute atomic E-state index is 0.00959. The fraction of sp³-hybridized carbons (Fsp3) is 0.448. The predicted octanol–water partition coefficient (Wildman–Crippen LogP) is 5.57. The number of benzene rings is 2. The molecule has 0 spiro atoms. The van der Waals surface area contributed by atoms with Crippen LogP contribution in [0.2, 0.25) is 0 Å². The Kier molecular flexibility index (Phi) is 8.65. The molecule has 1 heterocycles. The van der Waals surface area contributed by atoms with E-state index >= 15 is 0 Å². The van der Waals surface area contributed by atoms with E-state index in [2.05, 4.69) is 25.9 Å². The molecule has 0 saturated heterocycles. The zero-order valence-corrected chi connectivity index (χ0v) is 23.8. The Morgan fingerprint density at radius 2 is 1.62 bits per heavy atom. The summed E-state index contributed by atoms with van der Waals surface area (Å²) in [4.78, 5) is 27.1. The second kappa shape index (κ2) is 11.2. The standard InChI is InChI=1S/C29H39N3O4S/c1-8-9-18-31(37(35,36)24-16-12-22(13-17-24)29(5,6)7)19-25(33)26-27(20(2)3)30-32(28(26)34)23-14-10-21(4)11-15-23/h10-17,20,30H,8-9,18-19H2,1-7H3. The lowest BCUT2D eigenvalue weighted by Gasteiger charge is -2.23. The van der Waals surface area contributed by atoms with Crippen LogP contribution in [-0.4, -0.2) is 41.4 Å². The smallest absolute Gasteiger partial charge is 0.282 e. The van der Waals surface area contributed by atoms with E-state index in [1.807, 2.05) is 64.1 Å². The lowest BCUT2D eigenvalue weighted by Crippen LogP contribution is -2.38. The van der Waals surface area contributed by atoms with Gasteiger partial charge < -0.3 is 0 Å². The molecule has 0 radical (unpaired) electrons. The maximum Gasteiger partial charge on any atom is 0.282 e. The highest BCUT2D eigenvalue weighted by Crippen LogP contribution is 2.25. The van der Waals surface area contributed by atoms with Crippen molar-refractivity contribution in [2.24, 2.45) is 0 Å². The van der Waals surface area contributed by atoms with Crippen molar-refractivity contribution in [3.8, 4) is 5.69 Å². The molecule has 0 bridgehead atoms. The average molecular weight is 526 g/mol. The van der Waals surface area contributed by atoms with Gasteiger partial charge in [-0.3, -0.25) is 14.7 Å². The molecular weight excluding hydrogens is 486 g/mol. The summed E-state index contributed by atoms with van der Waals surface area (Å²) in [5.74, 6) is -0.647. The third-order valence-electron chi connectivity index (χ3n) is 6.51. The molecule has 3 rings (SSSR count). The monoisotopic (exact) mass is 525 g/mol. The summed E-state index contributed by atoms with van der Waals surface area (Å²) >= 11 is 0. The van der Waals surface area contributed by atoms with Crippen molar-refractivity contribution in [3.63, 3.8) is 0 Å². The highest BCUT2D eigenvalue weighted by Gasteiger charge is 2.31. The van der Waals surface area contributed by atoms with Crippen molar-refractivity contribution in [1.29, 1.82) is 0 Å². The van der Waals surface area contributed by atoms with Gasteiger partial charge in [0.05, 0.1) is 22.8 Å². The first-order valence-corrected chi connectivity index (χ1v) is 14.3. The van der Waals surface area contributed by atoms with Crippen LogP contribution in [0.25, 0.3) is 5.69 Å². The van der Waals surface area contributed by atoms with Crippen LogP contribution in [0.5, 0.6) is 0 Å². The van der Waals surface area contributed by atoms with E-state index in [0.717, 1.165) is 17.5 Å². The molecule has 0 saturated carbocycles. The van der Waals surface area contributed by atoms with Crippen LogP contribution in [0, 0.1) is 6.92 Å². The molecule has 0 atom stereocenters. The fourth-order valence-electron chi connectivity index (χ4n) is 4.15. The van der Waals surface area contributed by atoms with Gasteiger partial charge in [0.15, 0.2) is 5.78 Å². The first-order valence-electron chi connectivity index (χ1n) is 12.8. The quantitative estimate of drug-likeness (QED) is 0.350. The highest BCUT2D eigenvalue weighted by molar-refractivity contribution is 7.89. The van der Waals surface area contributed by atoms with Gasteiger partial charge in [-0.15, -0.1) is 0 Å². The van der Waals surface area contributed by atoms with Gasteiger partial charge in [-0.2, -0.15) is 4.31 Å². The minimum Gasteiger partial charge on any atom is -0.294 e. The second-order valence-corrected chi connectivity index (χ2v) is 12.9. The van der Waals surface area contributed by atoms with Gasteiger partial charge in [-0.25, -0.2) is 13.1 Å². The molecule has 1 aromatic heterocycles.